The Kier molecular flexibility index (Phi) is 30.4. The van der Waals surface area contributed by atoms with Crippen molar-refractivity contribution in [1.29, 1.82) is 31.6 Å². The topological polar surface area (TPSA) is 299 Å². The second-order valence-corrected chi connectivity index (χ2v) is 37.2. The van der Waals surface area contributed by atoms with E-state index in [4.69, 9.17) is 29.2 Å². The van der Waals surface area contributed by atoms with E-state index in [1.54, 1.807) is 14.7 Å². The van der Waals surface area contributed by atoms with Crippen LogP contribution >= 0.6 is 0 Å². The highest BCUT2D eigenvalue weighted by molar-refractivity contribution is 6.00. The average molecular weight is 1810 g/mol. The fourth-order valence-corrected chi connectivity index (χ4v) is 21.8. The maximum atomic E-state index is 12.6. The van der Waals surface area contributed by atoms with Crippen molar-refractivity contribution in [3.63, 3.8) is 0 Å². The monoisotopic (exact) mass is 1810 g/mol. The molecule has 6 fully saturated rings. The van der Waals surface area contributed by atoms with E-state index in [9.17, 15) is 46.0 Å². The zero-order chi connectivity index (χ0) is 94.3. The Labute approximate surface area is 794 Å². The third-order valence-electron chi connectivity index (χ3n) is 28.8. The maximum absolute atomic E-state index is 12.6. The minimum Gasteiger partial charge on any atom is -0.477 e. The number of aryl methyl sites for hydroxylation is 3. The number of pyridine rings is 3. The highest BCUT2D eigenvalue weighted by Crippen LogP contribution is 2.46. The zero-order valence-corrected chi connectivity index (χ0v) is 78.8. The molecule has 12 heterocycles. The zero-order valence-electron chi connectivity index (χ0n) is 78.8. The number of piperazine rings is 3. The maximum Gasteiger partial charge on any atom is 0.246 e. The number of anilines is 6. The quantitative estimate of drug-likeness (QED) is 0.0450. The molecule has 9 aromatic rings. The number of likely N-dealkylation sites (N-methyl/N-ethyl adjacent to an activating group) is 1. The number of piperidine rings is 3. The number of nitrogens with zero attached hydrogens (tertiary/aromatic N) is 21. The van der Waals surface area contributed by atoms with Crippen LogP contribution in [0, 0.1) is 88.8 Å². The van der Waals surface area contributed by atoms with Gasteiger partial charge in [-0.1, -0.05) is 124 Å². The lowest BCUT2D eigenvalue weighted by molar-refractivity contribution is -0.129. The lowest BCUT2D eigenvalue weighted by atomic mass is 9.95. The van der Waals surface area contributed by atoms with Gasteiger partial charge in [-0.2, -0.15) is 31.6 Å². The molecular weight excluding hydrogens is 1690 g/mol. The first kappa shape index (κ1) is 94.4. The van der Waals surface area contributed by atoms with E-state index >= 15 is 0 Å². The molecule has 9 aliphatic heterocycles. The predicted octanol–water partition coefficient (Wildman–Crippen LogP) is 14.9. The summed E-state index contributed by atoms with van der Waals surface area (Å²) in [6.45, 7) is 33.1. The van der Waals surface area contributed by atoms with Crippen molar-refractivity contribution in [3.8, 4) is 54.1 Å². The van der Waals surface area contributed by atoms with Crippen LogP contribution in [0.4, 0.5) is 34.1 Å². The molecule has 27 heteroatoms. The number of rotatable bonds is 22. The van der Waals surface area contributed by atoms with Crippen LogP contribution in [0.3, 0.4) is 0 Å². The van der Waals surface area contributed by atoms with Gasteiger partial charge < -0.3 is 73.0 Å². The Hall–Kier alpha value is -13.8. The van der Waals surface area contributed by atoms with Crippen molar-refractivity contribution in [1.82, 2.24) is 44.4 Å². The van der Waals surface area contributed by atoms with E-state index < -0.39 is 0 Å². The Morgan fingerprint density at radius 1 is 0.415 bits per heavy atom. The van der Waals surface area contributed by atoms with Crippen molar-refractivity contribution in [2.75, 3.05) is 175 Å². The van der Waals surface area contributed by atoms with Crippen LogP contribution in [-0.4, -0.2) is 237 Å². The van der Waals surface area contributed by atoms with Crippen LogP contribution in [0.5, 0.6) is 17.6 Å². The fraction of sp³-hybridized carbons (Fsp3) is 0.444. The molecule has 135 heavy (non-hydrogen) atoms. The van der Waals surface area contributed by atoms with Gasteiger partial charge in [0.1, 0.15) is 47.6 Å². The number of likely N-dealkylation sites (tertiary alicyclic amines) is 3. The molecule has 0 spiro atoms. The number of aromatic nitrogens is 3. The van der Waals surface area contributed by atoms with E-state index in [1.807, 2.05) is 0 Å². The summed E-state index contributed by atoms with van der Waals surface area (Å²) in [5.41, 5.74) is 17.1. The van der Waals surface area contributed by atoms with Crippen molar-refractivity contribution in [2.24, 2.45) is 0 Å². The standard InChI is InChI=1S/C37H43N7O2.C36H41N7O2.C35H39N7O2/c1-3-34(45)44-22-21-43(25-29(44)14-16-38)36-30-15-20-42(33-13-8-12-28-11-7-10-27(2)35(28)33)26-32(30)40-37(31(36)24-39)46-23-9-19-41-17-5-4-6-18-41;1-4-33(44)43-20-19-42(22-27(43)14-16-37)35-29-15-18-41(32-13-8-11-26-10-7-9-25(2)34(26)32)23-31(29)39-36(30(35)21-38)45-24-28-12-5-6-17-40(28)3;1-4-32(43)42-20-19-41(22-26(42)11-15-36)34-28-14-18-40(31-10-6-9-25-8-5-7-24(2)33(25)31)23-30(28)38-35(29(34)21-37)44-27-12-16-39(3)17-13-27/h3,7-8,10-13,29H,1,4-6,9,14-15,17-23,25-26H2,2H3;4,7-11,13,27-28H,1,5-6,12,14-15,17-20,22-24H2,2-3H3;4-10,26-27H,1,11-14,16-20,22-23H2,2-3H3/t29-;27-,28+;26-/m000/s1. The number of fused-ring (bicyclic) bond motifs is 6. The van der Waals surface area contributed by atoms with E-state index in [0.717, 1.165) is 155 Å². The predicted molar refractivity (Wildman–Crippen MR) is 529 cm³/mol. The van der Waals surface area contributed by atoms with Crippen LogP contribution in [0.1, 0.15) is 144 Å². The molecule has 3 aromatic heterocycles. The third kappa shape index (κ3) is 20.5. The molecule has 27 nitrogen and oxygen atoms in total. The van der Waals surface area contributed by atoms with Gasteiger partial charge in [0.2, 0.25) is 35.4 Å². The van der Waals surface area contributed by atoms with Gasteiger partial charge in [0.15, 0.2) is 0 Å². The smallest absolute Gasteiger partial charge is 0.246 e. The summed E-state index contributed by atoms with van der Waals surface area (Å²) in [5, 5.41) is 67.9. The van der Waals surface area contributed by atoms with Crippen LogP contribution in [0.15, 0.2) is 147 Å². The summed E-state index contributed by atoms with van der Waals surface area (Å²) in [5.74, 6) is 0.641. The van der Waals surface area contributed by atoms with Crippen LogP contribution < -0.4 is 43.6 Å². The minimum atomic E-state index is -0.302. The first-order valence-electron chi connectivity index (χ1n) is 48.1. The van der Waals surface area contributed by atoms with Gasteiger partial charge >= 0.3 is 0 Å². The van der Waals surface area contributed by atoms with Gasteiger partial charge in [-0.15, -0.1) is 0 Å². The van der Waals surface area contributed by atoms with Crippen molar-refractivity contribution < 1.29 is 28.6 Å². The SMILES string of the molecule is C=CC(=O)N1CCN(c2c(C#N)c(OC3CCN(C)CC3)nc3c2CCN(c2cccc4cccc(C)c24)C3)C[C@@H]1CC#N.C=CC(=O)N1CCN(c2c(C#N)c(OCCCN3CCCCC3)nc3c2CCN(c2cccc4cccc(C)c24)C3)C[C@@H]1CC#N.C=CC(=O)N1CCN(c2c(C#N)c(OC[C@H]3CCCCN3C)nc3c2CCN(c2cccc4cccc(C)c24)C3)C[C@@H]1CC#N. The number of benzene rings is 6. The average Bonchev–Trinajstić information content (AvgIpc) is 0.754. The molecule has 18 rings (SSSR count). The van der Waals surface area contributed by atoms with E-state index in [2.05, 4.69) is 244 Å². The van der Waals surface area contributed by atoms with Crippen molar-refractivity contribution in [3.05, 3.63) is 214 Å². The molecule has 696 valence electrons. The molecule has 6 aromatic carbocycles. The summed E-state index contributed by atoms with van der Waals surface area (Å²) < 4.78 is 19.4. The van der Waals surface area contributed by atoms with E-state index in [1.165, 1.54) is 116 Å². The number of nitriles is 6. The third-order valence-corrected chi connectivity index (χ3v) is 28.8. The summed E-state index contributed by atoms with van der Waals surface area (Å²) >= 11 is 0. The van der Waals surface area contributed by atoms with Crippen LogP contribution in [0.25, 0.3) is 32.3 Å². The molecule has 3 amide bonds. The van der Waals surface area contributed by atoms with Gasteiger partial charge in [0.25, 0.3) is 0 Å². The second kappa shape index (κ2) is 43.5. The highest BCUT2D eigenvalue weighted by atomic mass is 16.5. The Morgan fingerprint density at radius 2 is 0.785 bits per heavy atom. The van der Waals surface area contributed by atoms with E-state index in [0.29, 0.717) is 126 Å². The molecule has 9 aliphatic rings. The summed E-state index contributed by atoms with van der Waals surface area (Å²) in [4.78, 5) is 79.2. The molecule has 0 aliphatic carbocycles. The fourth-order valence-electron chi connectivity index (χ4n) is 21.8. The molecular formula is C108H123N21O6. The largest absolute Gasteiger partial charge is 0.477 e. The summed E-state index contributed by atoms with van der Waals surface area (Å²) in [6.07, 6.45) is 16.5. The Bertz CT molecular complexity index is 6200. The number of carbonyl (C=O) groups is 3. The van der Waals surface area contributed by atoms with Gasteiger partial charge in [-0.25, -0.2) is 15.0 Å². The Balaban J connectivity index is 0.000000147. The molecule has 0 unspecified atom stereocenters. The van der Waals surface area contributed by atoms with Gasteiger partial charge in [0.05, 0.1) is 116 Å². The first-order valence-corrected chi connectivity index (χ1v) is 48.1. The minimum absolute atomic E-state index is 0.00879. The number of hydrogen-bond acceptors (Lipinski definition) is 24. The summed E-state index contributed by atoms with van der Waals surface area (Å²) in [7, 11) is 4.25. The van der Waals surface area contributed by atoms with Gasteiger partial charge in [0, 0.05) is 154 Å². The molecule has 4 atom stereocenters. The Morgan fingerprint density at radius 3 is 1.16 bits per heavy atom. The van der Waals surface area contributed by atoms with Crippen molar-refractivity contribution >= 4 is 84.2 Å². The van der Waals surface area contributed by atoms with Crippen LogP contribution in [-0.2, 0) is 53.3 Å². The molecule has 0 radical (unpaired) electrons. The lowest BCUT2D eigenvalue weighted by Crippen LogP contribution is -2.55. The number of carbonyl (C=O) groups excluding carboxylic acids is 3. The van der Waals surface area contributed by atoms with Gasteiger partial charge in [-0.05, 0) is 188 Å². The highest BCUT2D eigenvalue weighted by Gasteiger charge is 2.41. The van der Waals surface area contributed by atoms with Crippen LogP contribution in [0.2, 0.25) is 0 Å². The number of ether oxygens (including phenoxy) is 3. The lowest BCUT2D eigenvalue weighted by Gasteiger charge is -2.43. The molecule has 0 N–H and O–H groups in total. The molecule has 0 bridgehead atoms. The number of hydrogen-bond donors (Lipinski definition) is 0. The normalized spacial score (nSPS) is 19.4. The first-order chi connectivity index (χ1) is 65.9. The molecule has 6 saturated heterocycles. The molecule has 0 saturated carbocycles. The summed E-state index contributed by atoms with van der Waals surface area (Å²) in [6, 6.07) is 52.1. The number of amides is 3. The van der Waals surface area contributed by atoms with Crippen molar-refractivity contribution in [2.45, 2.75) is 167 Å². The van der Waals surface area contributed by atoms with Gasteiger partial charge in [-0.3, -0.25) is 14.4 Å². The second-order valence-electron chi connectivity index (χ2n) is 37.2. The van der Waals surface area contributed by atoms with E-state index in [-0.39, 0.29) is 67.3 Å².